The van der Waals surface area contributed by atoms with Crippen LogP contribution < -0.4 is 5.32 Å². The number of sulfonamides is 1. The third-order valence-electron chi connectivity index (χ3n) is 4.04. The highest BCUT2D eigenvalue weighted by atomic mass is 32.2. The van der Waals surface area contributed by atoms with Gasteiger partial charge in [-0.15, -0.1) is 0 Å². The summed E-state index contributed by atoms with van der Waals surface area (Å²) in [6.07, 6.45) is 2.79. The lowest BCUT2D eigenvalue weighted by Gasteiger charge is -2.29. The van der Waals surface area contributed by atoms with E-state index in [4.69, 9.17) is 9.52 Å². The number of hydrogen-bond acceptors (Lipinski definition) is 5. The number of carboxylic acid groups (broad SMARTS) is 1. The molecule has 2 rings (SSSR count). The van der Waals surface area contributed by atoms with Gasteiger partial charge in [0.2, 0.25) is 16.8 Å². The lowest BCUT2D eigenvalue weighted by Crippen LogP contribution is -2.43. The topological polar surface area (TPSA) is 117 Å². The van der Waals surface area contributed by atoms with Gasteiger partial charge in [0, 0.05) is 25.6 Å². The zero-order valence-electron chi connectivity index (χ0n) is 13.5. The van der Waals surface area contributed by atoms with Crippen LogP contribution >= 0.6 is 0 Å². The molecule has 9 heteroatoms. The molecule has 0 bridgehead atoms. The molecule has 0 aliphatic carbocycles. The molecule has 0 saturated carbocycles. The normalized spacial score (nSPS) is 16.9. The minimum atomic E-state index is -3.87. The quantitative estimate of drug-likeness (QED) is 0.710. The first kappa shape index (κ1) is 18.5. The van der Waals surface area contributed by atoms with Crippen molar-refractivity contribution in [1.82, 2.24) is 9.62 Å². The molecule has 0 atom stereocenters. The molecule has 1 aliphatic rings. The van der Waals surface area contributed by atoms with Gasteiger partial charge in [0.25, 0.3) is 10.0 Å². The number of rotatable bonds is 7. The zero-order chi connectivity index (χ0) is 17.7. The molecule has 2 heterocycles. The second-order valence-electron chi connectivity index (χ2n) is 5.75. The molecule has 8 nitrogen and oxygen atoms in total. The van der Waals surface area contributed by atoms with Crippen molar-refractivity contribution in [3.05, 3.63) is 17.9 Å². The molecule has 1 fully saturated rings. The number of unbranched alkanes of at least 4 members (excludes halogenated alkanes) is 1. The molecule has 24 heavy (non-hydrogen) atoms. The summed E-state index contributed by atoms with van der Waals surface area (Å²) >= 11 is 0. The van der Waals surface area contributed by atoms with Gasteiger partial charge in [-0.2, -0.15) is 4.31 Å². The van der Waals surface area contributed by atoms with Gasteiger partial charge in [0.15, 0.2) is 0 Å². The van der Waals surface area contributed by atoms with E-state index >= 15 is 0 Å². The Labute approximate surface area is 140 Å². The monoisotopic (exact) mass is 358 g/mol. The van der Waals surface area contributed by atoms with E-state index in [1.54, 1.807) is 0 Å². The summed E-state index contributed by atoms with van der Waals surface area (Å²) in [5.74, 6) is -1.97. The van der Waals surface area contributed by atoms with Crippen molar-refractivity contribution in [3.63, 3.8) is 0 Å². The van der Waals surface area contributed by atoms with Crippen LogP contribution in [0.25, 0.3) is 0 Å². The molecular weight excluding hydrogens is 336 g/mol. The van der Waals surface area contributed by atoms with E-state index in [0.717, 1.165) is 25.0 Å². The van der Waals surface area contributed by atoms with Crippen LogP contribution in [-0.4, -0.2) is 49.3 Å². The Kier molecular flexibility index (Phi) is 6.00. The summed E-state index contributed by atoms with van der Waals surface area (Å²) in [5, 5.41) is 11.3. The molecule has 1 aromatic heterocycles. The fourth-order valence-electron chi connectivity index (χ4n) is 2.59. The van der Waals surface area contributed by atoms with Crippen molar-refractivity contribution in [2.75, 3.05) is 19.6 Å². The number of amides is 1. The highest BCUT2D eigenvalue weighted by molar-refractivity contribution is 7.89. The number of carbonyl (C=O) groups is 2. The molecule has 134 valence electrons. The Hall–Kier alpha value is -1.87. The molecule has 0 radical (unpaired) electrons. The van der Waals surface area contributed by atoms with Gasteiger partial charge in [0.1, 0.15) is 0 Å². The Balaban J connectivity index is 1.95. The summed E-state index contributed by atoms with van der Waals surface area (Å²) in [4.78, 5) is 22.8. The minimum absolute atomic E-state index is 0.0355. The molecule has 0 aromatic carbocycles. The average molecular weight is 358 g/mol. The summed E-state index contributed by atoms with van der Waals surface area (Å²) in [6, 6.07) is 2.26. The maximum Gasteiger partial charge on any atom is 0.371 e. The summed E-state index contributed by atoms with van der Waals surface area (Å²) in [7, 11) is -3.87. The fraction of sp³-hybridized carbons (Fsp3) is 0.600. The number of piperidine rings is 1. The predicted octanol–water partition coefficient (Wildman–Crippen LogP) is 1.29. The van der Waals surface area contributed by atoms with E-state index in [9.17, 15) is 18.0 Å². The van der Waals surface area contributed by atoms with E-state index in [0.29, 0.717) is 19.4 Å². The molecule has 1 aromatic rings. The van der Waals surface area contributed by atoms with Crippen LogP contribution in [0, 0.1) is 5.92 Å². The average Bonchev–Trinajstić information content (AvgIpc) is 3.06. The van der Waals surface area contributed by atoms with E-state index < -0.39 is 21.8 Å². The lowest BCUT2D eigenvalue weighted by atomic mass is 9.97. The lowest BCUT2D eigenvalue weighted by molar-refractivity contribution is -0.126. The van der Waals surface area contributed by atoms with Crippen molar-refractivity contribution in [2.24, 2.45) is 5.92 Å². The number of nitrogens with zero attached hydrogens (tertiary/aromatic N) is 1. The van der Waals surface area contributed by atoms with E-state index in [2.05, 4.69) is 5.32 Å². The first-order valence-electron chi connectivity index (χ1n) is 7.97. The third-order valence-corrected chi connectivity index (χ3v) is 5.81. The van der Waals surface area contributed by atoms with Crippen LogP contribution in [0.3, 0.4) is 0 Å². The van der Waals surface area contributed by atoms with Crippen LogP contribution in [-0.2, 0) is 14.8 Å². The van der Waals surface area contributed by atoms with Gasteiger partial charge >= 0.3 is 5.97 Å². The molecule has 0 spiro atoms. The van der Waals surface area contributed by atoms with Gasteiger partial charge in [-0.05, 0) is 31.4 Å². The highest BCUT2D eigenvalue weighted by Gasteiger charge is 2.34. The summed E-state index contributed by atoms with van der Waals surface area (Å²) in [6.45, 7) is 3.09. The van der Waals surface area contributed by atoms with Crippen molar-refractivity contribution < 1.29 is 27.5 Å². The third kappa shape index (κ3) is 4.15. The molecule has 2 N–H and O–H groups in total. The van der Waals surface area contributed by atoms with Crippen LogP contribution in [0.4, 0.5) is 0 Å². The number of carbonyl (C=O) groups excluding carboxylic acids is 1. The maximum atomic E-state index is 12.4. The van der Waals surface area contributed by atoms with Crippen molar-refractivity contribution in [3.8, 4) is 0 Å². The predicted molar refractivity (Wildman–Crippen MR) is 85.1 cm³/mol. The zero-order valence-corrected chi connectivity index (χ0v) is 14.3. The Bertz CT molecular complexity index is 689. The van der Waals surface area contributed by atoms with Crippen LogP contribution in [0.5, 0.6) is 0 Å². The van der Waals surface area contributed by atoms with Gasteiger partial charge in [-0.1, -0.05) is 13.3 Å². The molecule has 0 unspecified atom stereocenters. The number of carboxylic acids is 1. The summed E-state index contributed by atoms with van der Waals surface area (Å²) < 4.78 is 31.0. The highest BCUT2D eigenvalue weighted by Crippen LogP contribution is 2.25. The number of hydrogen-bond donors (Lipinski definition) is 2. The van der Waals surface area contributed by atoms with E-state index in [-0.39, 0.29) is 30.0 Å². The Morgan fingerprint density at radius 3 is 2.54 bits per heavy atom. The van der Waals surface area contributed by atoms with Crippen LogP contribution in [0.1, 0.15) is 43.2 Å². The van der Waals surface area contributed by atoms with Crippen LogP contribution in [0.2, 0.25) is 0 Å². The van der Waals surface area contributed by atoms with Crippen molar-refractivity contribution >= 4 is 21.9 Å². The fourth-order valence-corrected chi connectivity index (χ4v) is 3.97. The van der Waals surface area contributed by atoms with E-state index in [1.807, 2.05) is 6.92 Å². The van der Waals surface area contributed by atoms with Crippen LogP contribution in [0.15, 0.2) is 21.6 Å². The molecule has 1 saturated heterocycles. The SMILES string of the molecule is CCCCNC(=O)C1CCN(S(=O)(=O)c2ccc(C(=O)O)o2)CC1. The van der Waals surface area contributed by atoms with Crippen molar-refractivity contribution in [2.45, 2.75) is 37.7 Å². The Morgan fingerprint density at radius 2 is 2.00 bits per heavy atom. The molecular formula is C15H22N2O6S. The first-order valence-corrected chi connectivity index (χ1v) is 9.41. The summed E-state index contributed by atoms with van der Waals surface area (Å²) in [5.41, 5.74) is 0. The molecule has 1 amide bonds. The number of aromatic carboxylic acids is 1. The number of furan rings is 1. The number of nitrogens with one attached hydrogen (secondary N) is 1. The van der Waals surface area contributed by atoms with E-state index in [1.165, 1.54) is 4.31 Å². The van der Waals surface area contributed by atoms with Gasteiger partial charge < -0.3 is 14.8 Å². The first-order chi connectivity index (χ1) is 11.4. The Morgan fingerprint density at radius 1 is 1.33 bits per heavy atom. The smallest absolute Gasteiger partial charge is 0.371 e. The standard InChI is InChI=1S/C15H22N2O6S/c1-2-3-8-16-14(18)11-6-9-17(10-7-11)24(21,22)13-5-4-12(23-13)15(19)20/h4-5,11H,2-3,6-10H2,1H3,(H,16,18)(H,19,20). The molecule has 1 aliphatic heterocycles. The largest absolute Gasteiger partial charge is 0.475 e. The second kappa shape index (κ2) is 7.80. The maximum absolute atomic E-state index is 12.4. The second-order valence-corrected chi connectivity index (χ2v) is 7.62. The minimum Gasteiger partial charge on any atom is -0.475 e. The van der Waals surface area contributed by atoms with Gasteiger partial charge in [-0.25, -0.2) is 13.2 Å². The van der Waals surface area contributed by atoms with Crippen molar-refractivity contribution in [1.29, 1.82) is 0 Å². The van der Waals surface area contributed by atoms with Gasteiger partial charge in [0.05, 0.1) is 0 Å². The van der Waals surface area contributed by atoms with Gasteiger partial charge in [-0.3, -0.25) is 4.79 Å².